The van der Waals surface area contributed by atoms with E-state index >= 15 is 0 Å². The highest BCUT2D eigenvalue weighted by Crippen LogP contribution is 2.59. The van der Waals surface area contributed by atoms with Gasteiger partial charge in [0.1, 0.15) is 34.9 Å². The molecule has 3 heterocycles. The van der Waals surface area contributed by atoms with Gasteiger partial charge in [0.25, 0.3) is 0 Å². The molecule has 0 aromatic heterocycles. The fourth-order valence-electron chi connectivity index (χ4n) is 18.1. The van der Waals surface area contributed by atoms with Gasteiger partial charge in [-0.15, -0.1) is 0 Å². The first kappa shape index (κ1) is 58.1. The first-order chi connectivity index (χ1) is 42.4. The number of hydrogen-bond acceptors (Lipinski definition) is 9. The van der Waals surface area contributed by atoms with Gasteiger partial charge in [0.15, 0.2) is 0 Å². The molecule has 0 amide bonds. The minimum Gasteiger partial charge on any atom is -0.477 e. The smallest absolute Gasteiger partial charge is 0.346 e. The number of hydrogen-bond donors (Lipinski definition) is 3. The molecule has 3 aliphatic heterocycles. The van der Waals surface area contributed by atoms with Gasteiger partial charge in [0, 0.05) is 75.4 Å². The fourth-order valence-corrected chi connectivity index (χ4v) is 18.1. The van der Waals surface area contributed by atoms with E-state index in [0.29, 0.717) is 53.0 Å². The number of carbonyl (C=O) groups is 3. The van der Waals surface area contributed by atoms with Crippen LogP contribution in [0.5, 0.6) is 0 Å². The Morgan fingerprint density at radius 3 is 1.90 bits per heavy atom. The molecule has 13 unspecified atom stereocenters. The Morgan fingerprint density at radius 1 is 0.625 bits per heavy atom. The van der Waals surface area contributed by atoms with Crippen molar-refractivity contribution >= 4 is 51.7 Å². The van der Waals surface area contributed by atoms with Gasteiger partial charge < -0.3 is 30.0 Å². The van der Waals surface area contributed by atoms with Crippen LogP contribution in [-0.4, -0.2) is 56.3 Å². The van der Waals surface area contributed by atoms with E-state index in [9.17, 15) is 45.5 Å². The monoisotopic (exact) mass is 1170 g/mol. The molecule has 88 heavy (non-hydrogen) atoms. The molecule has 446 valence electrons. The zero-order chi connectivity index (χ0) is 61.8. The number of likely N-dealkylation sites (tertiary alicyclic amines) is 1. The summed E-state index contributed by atoms with van der Waals surface area (Å²) in [5.74, 6) is -1.53. The summed E-state index contributed by atoms with van der Waals surface area (Å²) in [7, 11) is 0. The Kier molecular flexibility index (Phi) is 14.8. The van der Waals surface area contributed by atoms with Crippen molar-refractivity contribution < 1.29 is 29.7 Å². The van der Waals surface area contributed by atoms with Gasteiger partial charge in [-0.05, 0) is 211 Å². The average molecular weight is 1170 g/mol. The summed E-state index contributed by atoms with van der Waals surface area (Å²) in [6.07, 6.45) is 31.5. The number of fused-ring (bicyclic) bond motifs is 9. The molecule has 0 spiro atoms. The van der Waals surface area contributed by atoms with Crippen molar-refractivity contribution in [1.29, 1.82) is 15.8 Å². The van der Waals surface area contributed by atoms with E-state index in [-0.39, 0.29) is 58.3 Å². The van der Waals surface area contributed by atoms with Gasteiger partial charge in [0.05, 0.1) is 0 Å². The topological polar surface area (TPSA) is 193 Å². The number of aliphatic carboxylic acids is 3. The molecule has 3 aromatic rings. The van der Waals surface area contributed by atoms with Crippen molar-refractivity contribution in [3.8, 4) is 18.2 Å². The third kappa shape index (κ3) is 9.30. The number of rotatable bonds is 12. The van der Waals surface area contributed by atoms with Crippen LogP contribution in [0.25, 0.3) is 16.7 Å². The standard InChI is InChI=1S/C76H76N6O6/c1-41-33-53(82-68-16-10-13-58(68)72-45(5)55(28-30-71(72)82)43(3)64(39-78)74(85)86)26-27-54(41)60-36-50(47-17-22-51(23-18-47)80-66-14-8-11-56(66)61-34-49(21-29-69(61)80)42(2)63(38-77)73(83)84)35-59(44(60)4)48-19-24-52(25-20-48)81-67-15-9-12-57(67)62-37-76(7,32-31-70(62)81)46(6)65(40-79)75(87)88/h17-31,33-37,41,44-45,54,56-58,60,66-68,72H,8-16,32H2,1-7H3,(H,83,84)(H,85,86)(H,87,88)/b63-42-,64-43-,65-46+. The van der Waals surface area contributed by atoms with E-state index in [1.165, 1.54) is 44.9 Å². The van der Waals surface area contributed by atoms with Crippen molar-refractivity contribution in [1.82, 2.24) is 4.90 Å². The van der Waals surface area contributed by atoms with Crippen LogP contribution in [0.3, 0.4) is 0 Å². The molecule has 3 saturated carbocycles. The Labute approximate surface area is 516 Å². The van der Waals surface area contributed by atoms with Crippen molar-refractivity contribution in [3.63, 3.8) is 0 Å². The molecular weight excluding hydrogens is 1090 g/mol. The van der Waals surface area contributed by atoms with E-state index in [1.54, 1.807) is 20.8 Å². The van der Waals surface area contributed by atoms with Crippen molar-refractivity contribution in [2.24, 2.45) is 52.8 Å². The molecular formula is C76H76N6O6. The quantitative estimate of drug-likeness (QED) is 0.115. The van der Waals surface area contributed by atoms with Crippen LogP contribution in [0.15, 0.2) is 178 Å². The molecule has 3 N–H and O–H groups in total. The van der Waals surface area contributed by atoms with Crippen LogP contribution in [-0.2, 0) is 14.4 Å². The van der Waals surface area contributed by atoms with E-state index in [2.05, 4.69) is 158 Å². The number of carboxylic acids is 3. The lowest BCUT2D eigenvalue weighted by molar-refractivity contribution is -0.133. The van der Waals surface area contributed by atoms with E-state index in [1.807, 2.05) is 24.3 Å². The highest BCUT2D eigenvalue weighted by atomic mass is 16.4. The molecule has 13 atom stereocenters. The molecule has 12 heteroatoms. The van der Waals surface area contributed by atoms with Gasteiger partial charge in [0.2, 0.25) is 0 Å². The van der Waals surface area contributed by atoms with Gasteiger partial charge in [-0.25, -0.2) is 14.4 Å². The molecule has 7 aliphatic carbocycles. The molecule has 13 rings (SSSR count). The maximum atomic E-state index is 12.2. The summed E-state index contributed by atoms with van der Waals surface area (Å²) in [5, 5.41) is 59.0. The lowest BCUT2D eigenvalue weighted by Gasteiger charge is -2.39. The number of anilines is 3. The fraction of sp³-hybridized carbons (Fsp3) is 0.395. The Hall–Kier alpha value is -8.92. The Morgan fingerprint density at radius 2 is 1.24 bits per heavy atom. The maximum Gasteiger partial charge on any atom is 0.346 e. The summed E-state index contributed by atoms with van der Waals surface area (Å²) < 4.78 is 0. The van der Waals surface area contributed by atoms with Crippen molar-refractivity contribution in [2.45, 2.75) is 137 Å². The first-order valence-corrected chi connectivity index (χ1v) is 31.8. The predicted molar refractivity (Wildman–Crippen MR) is 342 cm³/mol. The number of benzene rings is 3. The summed E-state index contributed by atoms with van der Waals surface area (Å²) in [5.41, 5.74) is 16.5. The van der Waals surface area contributed by atoms with Gasteiger partial charge >= 0.3 is 17.9 Å². The predicted octanol–water partition coefficient (Wildman–Crippen LogP) is 15.9. The Bertz CT molecular complexity index is 4020. The zero-order valence-corrected chi connectivity index (χ0v) is 51.3. The normalized spacial score (nSPS) is 31.4. The molecule has 10 aliphatic rings. The number of allylic oxidation sites excluding steroid dienone is 17. The second kappa shape index (κ2) is 22.3. The molecule has 0 bridgehead atoms. The second-order valence-electron chi connectivity index (χ2n) is 26.9. The minimum absolute atomic E-state index is 0.0671. The second-order valence-corrected chi connectivity index (χ2v) is 26.9. The highest BCUT2D eigenvalue weighted by molar-refractivity contribution is 6.00. The van der Waals surface area contributed by atoms with Crippen LogP contribution >= 0.6 is 0 Å². The van der Waals surface area contributed by atoms with E-state index in [0.717, 1.165) is 91.5 Å². The third-order valence-corrected chi connectivity index (χ3v) is 22.7. The lowest BCUT2D eigenvalue weighted by atomic mass is 9.67. The molecule has 0 radical (unpaired) electrons. The number of nitrogens with zero attached hydrogens (tertiary/aromatic N) is 6. The molecule has 12 nitrogen and oxygen atoms in total. The number of nitriles is 3. The van der Waals surface area contributed by atoms with Crippen LogP contribution in [0, 0.1) is 86.8 Å². The summed E-state index contributed by atoms with van der Waals surface area (Å²) >= 11 is 0. The van der Waals surface area contributed by atoms with Crippen molar-refractivity contribution in [2.75, 3.05) is 9.80 Å². The SMILES string of the molecule is C/C(C1=CC=C2C(C1C)C1CCCC1N2C1=CC(C)C(C2C=C(c3ccc(N4c5ccc(/C(C)=C(/C#N)C(=O)O)cc5C5CCCC54)cc3)C=C(c3ccc(N4C5=CCC(C)(/C(C)=C(\C#N)C(=O)O)C=C5C5CCCC54)cc3)C2C)C=C1)=C(\C#N)C(=O)O. The van der Waals surface area contributed by atoms with E-state index < -0.39 is 23.3 Å². The molecule has 2 saturated heterocycles. The van der Waals surface area contributed by atoms with Gasteiger partial charge in [-0.3, -0.25) is 0 Å². The lowest BCUT2D eigenvalue weighted by Crippen LogP contribution is -2.32. The summed E-state index contributed by atoms with van der Waals surface area (Å²) in [6.45, 7) is 14.3. The van der Waals surface area contributed by atoms with Crippen LogP contribution < -0.4 is 9.80 Å². The van der Waals surface area contributed by atoms with Gasteiger partial charge in [-0.2, -0.15) is 15.8 Å². The van der Waals surface area contributed by atoms with Crippen molar-refractivity contribution in [3.05, 3.63) is 200 Å². The largest absolute Gasteiger partial charge is 0.477 e. The minimum atomic E-state index is -1.21. The van der Waals surface area contributed by atoms with Gasteiger partial charge in [-0.1, -0.05) is 120 Å². The third-order valence-electron chi connectivity index (χ3n) is 22.7. The van der Waals surface area contributed by atoms with Crippen LogP contribution in [0.1, 0.15) is 141 Å². The molecule has 5 fully saturated rings. The van der Waals surface area contributed by atoms with E-state index in [4.69, 9.17) is 0 Å². The Balaban J connectivity index is 0.840. The molecule has 3 aromatic carbocycles. The first-order valence-electron chi connectivity index (χ1n) is 31.8. The summed E-state index contributed by atoms with van der Waals surface area (Å²) in [6, 6.07) is 31.2. The zero-order valence-electron chi connectivity index (χ0n) is 51.3. The van der Waals surface area contributed by atoms with Crippen LogP contribution in [0.2, 0.25) is 0 Å². The highest BCUT2D eigenvalue weighted by Gasteiger charge is 2.53. The van der Waals surface area contributed by atoms with Crippen LogP contribution in [0.4, 0.5) is 17.1 Å². The maximum absolute atomic E-state index is 12.2. The number of carboxylic acid groups (broad SMARTS) is 3. The average Bonchev–Trinajstić information content (AvgIpc) is 1.73. The summed E-state index contributed by atoms with van der Waals surface area (Å²) in [4.78, 5) is 43.9.